The van der Waals surface area contributed by atoms with E-state index in [4.69, 9.17) is 0 Å². The standard InChI is InChI=1S/C16H24N2/c1-2-5-14-12-16(8-7-13(14)4-1)18-11-9-15-6-3-10-17-15/h7-8,12,15,17-18H,1-6,9-11H2. The van der Waals surface area contributed by atoms with Gasteiger partial charge in [-0.3, -0.25) is 0 Å². The highest BCUT2D eigenvalue weighted by atomic mass is 14.9. The van der Waals surface area contributed by atoms with Gasteiger partial charge in [0.25, 0.3) is 0 Å². The van der Waals surface area contributed by atoms with Crippen LogP contribution in [-0.4, -0.2) is 19.1 Å². The van der Waals surface area contributed by atoms with E-state index in [0.717, 1.165) is 12.6 Å². The molecule has 0 saturated carbocycles. The summed E-state index contributed by atoms with van der Waals surface area (Å²) in [5.74, 6) is 0. The largest absolute Gasteiger partial charge is 0.385 e. The van der Waals surface area contributed by atoms with Gasteiger partial charge in [-0.05, 0) is 74.8 Å². The number of benzene rings is 1. The zero-order valence-electron chi connectivity index (χ0n) is 11.2. The number of nitrogens with one attached hydrogen (secondary N) is 2. The molecule has 1 aliphatic carbocycles. The zero-order valence-corrected chi connectivity index (χ0v) is 11.2. The number of hydrogen-bond acceptors (Lipinski definition) is 2. The van der Waals surface area contributed by atoms with E-state index in [0.29, 0.717) is 0 Å². The number of hydrogen-bond donors (Lipinski definition) is 2. The molecule has 3 rings (SSSR count). The molecule has 18 heavy (non-hydrogen) atoms. The quantitative estimate of drug-likeness (QED) is 0.850. The van der Waals surface area contributed by atoms with Gasteiger partial charge in [0.15, 0.2) is 0 Å². The first kappa shape index (κ1) is 12.0. The van der Waals surface area contributed by atoms with Crippen LogP contribution in [0.15, 0.2) is 18.2 Å². The lowest BCUT2D eigenvalue weighted by Gasteiger charge is -2.17. The van der Waals surface area contributed by atoms with Gasteiger partial charge >= 0.3 is 0 Å². The Morgan fingerprint density at radius 1 is 1.11 bits per heavy atom. The summed E-state index contributed by atoms with van der Waals surface area (Å²) < 4.78 is 0. The third kappa shape index (κ3) is 2.86. The molecule has 2 heteroatoms. The van der Waals surface area contributed by atoms with Crippen LogP contribution in [0, 0.1) is 0 Å². The van der Waals surface area contributed by atoms with Crippen LogP contribution in [-0.2, 0) is 12.8 Å². The molecule has 0 amide bonds. The summed E-state index contributed by atoms with van der Waals surface area (Å²) in [6.45, 7) is 2.31. The van der Waals surface area contributed by atoms with Gasteiger partial charge < -0.3 is 10.6 Å². The minimum Gasteiger partial charge on any atom is -0.385 e. The lowest BCUT2D eigenvalue weighted by Crippen LogP contribution is -2.24. The van der Waals surface area contributed by atoms with Crippen molar-refractivity contribution in [1.82, 2.24) is 5.32 Å². The number of fused-ring (bicyclic) bond motifs is 1. The molecule has 0 aromatic heterocycles. The monoisotopic (exact) mass is 244 g/mol. The number of anilines is 1. The second-order valence-electron chi connectivity index (χ2n) is 5.70. The van der Waals surface area contributed by atoms with Crippen LogP contribution in [0.3, 0.4) is 0 Å². The molecule has 98 valence electrons. The van der Waals surface area contributed by atoms with Crippen LogP contribution in [0.2, 0.25) is 0 Å². The van der Waals surface area contributed by atoms with Crippen molar-refractivity contribution in [1.29, 1.82) is 0 Å². The second-order valence-corrected chi connectivity index (χ2v) is 5.70. The highest BCUT2D eigenvalue weighted by Gasteiger charge is 2.13. The Balaban J connectivity index is 1.52. The van der Waals surface area contributed by atoms with Gasteiger partial charge in [-0.15, -0.1) is 0 Å². The van der Waals surface area contributed by atoms with Crippen molar-refractivity contribution in [3.05, 3.63) is 29.3 Å². The molecule has 0 radical (unpaired) electrons. The van der Waals surface area contributed by atoms with E-state index in [2.05, 4.69) is 28.8 Å². The van der Waals surface area contributed by atoms with Crippen molar-refractivity contribution >= 4 is 5.69 Å². The van der Waals surface area contributed by atoms with Crippen LogP contribution in [0.25, 0.3) is 0 Å². The van der Waals surface area contributed by atoms with Gasteiger partial charge in [-0.2, -0.15) is 0 Å². The van der Waals surface area contributed by atoms with E-state index in [1.165, 1.54) is 57.2 Å². The predicted molar refractivity (Wildman–Crippen MR) is 77.2 cm³/mol. The highest BCUT2D eigenvalue weighted by molar-refractivity contribution is 5.49. The third-order valence-electron chi connectivity index (χ3n) is 4.33. The van der Waals surface area contributed by atoms with Gasteiger partial charge in [0, 0.05) is 18.3 Å². The molecule has 2 N–H and O–H groups in total. The second kappa shape index (κ2) is 5.75. The molecule has 0 bridgehead atoms. The van der Waals surface area contributed by atoms with Crippen LogP contribution in [0.4, 0.5) is 5.69 Å². The van der Waals surface area contributed by atoms with E-state index >= 15 is 0 Å². The number of aryl methyl sites for hydroxylation is 2. The van der Waals surface area contributed by atoms with E-state index in [1.807, 2.05) is 0 Å². The fourth-order valence-electron chi connectivity index (χ4n) is 3.24. The van der Waals surface area contributed by atoms with E-state index < -0.39 is 0 Å². The first-order valence-corrected chi connectivity index (χ1v) is 7.51. The molecule has 1 fully saturated rings. The Morgan fingerprint density at radius 2 is 2.00 bits per heavy atom. The van der Waals surface area contributed by atoms with Gasteiger partial charge in [0.2, 0.25) is 0 Å². The van der Waals surface area contributed by atoms with Gasteiger partial charge in [-0.1, -0.05) is 6.07 Å². The Bertz CT molecular complexity index is 394. The van der Waals surface area contributed by atoms with Crippen molar-refractivity contribution in [3.8, 4) is 0 Å². The molecule has 1 aromatic rings. The molecule has 0 spiro atoms. The molecular formula is C16H24N2. The first-order valence-electron chi connectivity index (χ1n) is 7.51. The Kier molecular flexibility index (Phi) is 3.84. The average molecular weight is 244 g/mol. The summed E-state index contributed by atoms with van der Waals surface area (Å²) in [7, 11) is 0. The molecule has 1 heterocycles. The van der Waals surface area contributed by atoms with Gasteiger partial charge in [-0.25, -0.2) is 0 Å². The summed E-state index contributed by atoms with van der Waals surface area (Å²) in [6.07, 6.45) is 9.23. The Hall–Kier alpha value is -1.02. The van der Waals surface area contributed by atoms with E-state index in [9.17, 15) is 0 Å². The molecule has 1 saturated heterocycles. The molecule has 1 aromatic carbocycles. The highest BCUT2D eigenvalue weighted by Crippen LogP contribution is 2.24. The summed E-state index contributed by atoms with van der Waals surface area (Å²) >= 11 is 0. The van der Waals surface area contributed by atoms with E-state index in [-0.39, 0.29) is 0 Å². The summed E-state index contributed by atoms with van der Waals surface area (Å²) in [4.78, 5) is 0. The van der Waals surface area contributed by atoms with Crippen LogP contribution in [0.5, 0.6) is 0 Å². The normalized spacial score (nSPS) is 22.8. The van der Waals surface area contributed by atoms with Gasteiger partial charge in [0.05, 0.1) is 0 Å². The fourth-order valence-corrected chi connectivity index (χ4v) is 3.24. The van der Waals surface area contributed by atoms with Gasteiger partial charge in [0.1, 0.15) is 0 Å². The minimum absolute atomic E-state index is 0.745. The average Bonchev–Trinajstić information content (AvgIpc) is 2.92. The molecule has 1 unspecified atom stereocenters. The van der Waals surface area contributed by atoms with Crippen LogP contribution in [0.1, 0.15) is 43.2 Å². The predicted octanol–water partition coefficient (Wildman–Crippen LogP) is 3.12. The fraction of sp³-hybridized carbons (Fsp3) is 0.625. The summed E-state index contributed by atoms with van der Waals surface area (Å²) in [5.41, 5.74) is 4.46. The molecule has 2 nitrogen and oxygen atoms in total. The van der Waals surface area contributed by atoms with Crippen molar-refractivity contribution in [2.45, 2.75) is 51.0 Å². The van der Waals surface area contributed by atoms with E-state index in [1.54, 1.807) is 11.1 Å². The van der Waals surface area contributed by atoms with Crippen LogP contribution < -0.4 is 10.6 Å². The smallest absolute Gasteiger partial charge is 0.0343 e. The van der Waals surface area contributed by atoms with Crippen molar-refractivity contribution in [2.75, 3.05) is 18.4 Å². The Labute approximate surface area is 110 Å². The topological polar surface area (TPSA) is 24.1 Å². The first-order chi connectivity index (χ1) is 8.92. The molecule has 1 aliphatic heterocycles. The summed E-state index contributed by atoms with van der Waals surface area (Å²) in [5, 5.41) is 7.13. The summed E-state index contributed by atoms with van der Waals surface area (Å²) in [6, 6.07) is 7.70. The lowest BCUT2D eigenvalue weighted by molar-refractivity contribution is 0.574. The maximum absolute atomic E-state index is 3.58. The van der Waals surface area contributed by atoms with Crippen LogP contribution >= 0.6 is 0 Å². The maximum atomic E-state index is 3.58. The van der Waals surface area contributed by atoms with Crippen molar-refractivity contribution in [3.63, 3.8) is 0 Å². The zero-order chi connectivity index (χ0) is 12.2. The van der Waals surface area contributed by atoms with Crippen molar-refractivity contribution < 1.29 is 0 Å². The Morgan fingerprint density at radius 3 is 2.83 bits per heavy atom. The molecule has 1 atom stereocenters. The lowest BCUT2D eigenvalue weighted by atomic mass is 9.91. The minimum atomic E-state index is 0.745. The van der Waals surface area contributed by atoms with Crippen molar-refractivity contribution in [2.24, 2.45) is 0 Å². The SMILES string of the molecule is c1cc2c(cc1NCCC1CCCN1)CCCC2. The molecular weight excluding hydrogens is 220 g/mol. The number of rotatable bonds is 4. The maximum Gasteiger partial charge on any atom is 0.0343 e. The third-order valence-corrected chi connectivity index (χ3v) is 4.33. The molecule has 2 aliphatic rings.